The fraction of sp³-hybridized carbons (Fsp3) is 0.700. The van der Waals surface area contributed by atoms with Crippen molar-refractivity contribution in [3.05, 3.63) is 16.6 Å². The first-order chi connectivity index (χ1) is 7.45. The van der Waals surface area contributed by atoms with Crippen LogP contribution in [-0.2, 0) is 11.3 Å². The summed E-state index contributed by atoms with van der Waals surface area (Å²) >= 11 is 1.70. The number of hydrogen-bond acceptors (Lipinski definition) is 5. The molecular weight excluding hydrogens is 210 g/mol. The quantitative estimate of drug-likeness (QED) is 0.724. The number of morpholine rings is 1. The second-order valence-corrected chi connectivity index (χ2v) is 4.60. The Hall–Kier alpha value is -0.490. The van der Waals surface area contributed by atoms with E-state index in [4.69, 9.17) is 4.74 Å². The summed E-state index contributed by atoms with van der Waals surface area (Å²) in [5, 5.41) is 9.99. The van der Waals surface area contributed by atoms with Crippen LogP contribution in [0, 0.1) is 0 Å². The van der Waals surface area contributed by atoms with Crippen LogP contribution >= 0.6 is 11.3 Å². The van der Waals surface area contributed by atoms with Crippen LogP contribution in [0.5, 0.6) is 0 Å². The summed E-state index contributed by atoms with van der Waals surface area (Å²) in [7, 11) is 0. The van der Waals surface area contributed by atoms with E-state index < -0.39 is 0 Å². The molecule has 2 rings (SSSR count). The number of hydrogen-bond donors (Lipinski definition) is 2. The Balaban J connectivity index is 1.54. The van der Waals surface area contributed by atoms with Crippen molar-refractivity contribution in [1.29, 1.82) is 0 Å². The molecule has 5 heteroatoms. The van der Waals surface area contributed by atoms with Gasteiger partial charge >= 0.3 is 0 Å². The molecule has 0 radical (unpaired) electrons. The maximum absolute atomic E-state index is 5.38. The van der Waals surface area contributed by atoms with Crippen molar-refractivity contribution in [1.82, 2.24) is 15.6 Å². The maximum atomic E-state index is 5.38. The van der Waals surface area contributed by atoms with Crippen molar-refractivity contribution >= 4 is 11.3 Å². The molecule has 0 spiro atoms. The normalized spacial score (nSPS) is 21.7. The zero-order valence-electron chi connectivity index (χ0n) is 8.74. The van der Waals surface area contributed by atoms with Crippen LogP contribution in [-0.4, -0.2) is 37.3 Å². The number of thiazole rings is 1. The molecule has 1 unspecified atom stereocenters. The highest BCUT2D eigenvalue weighted by atomic mass is 32.1. The molecule has 2 N–H and O–H groups in total. The molecule has 0 aliphatic carbocycles. The summed E-state index contributed by atoms with van der Waals surface area (Å²) in [6, 6.07) is 0.516. The lowest BCUT2D eigenvalue weighted by Gasteiger charge is -2.23. The van der Waals surface area contributed by atoms with Gasteiger partial charge in [-0.3, -0.25) is 0 Å². The third-order valence-electron chi connectivity index (χ3n) is 2.43. The second kappa shape index (κ2) is 6.17. The maximum Gasteiger partial charge on any atom is 0.106 e. The van der Waals surface area contributed by atoms with Crippen molar-refractivity contribution in [3.63, 3.8) is 0 Å². The summed E-state index contributed by atoms with van der Waals surface area (Å²) in [4.78, 5) is 4.22. The van der Waals surface area contributed by atoms with Gasteiger partial charge in [-0.1, -0.05) is 0 Å². The van der Waals surface area contributed by atoms with E-state index in [9.17, 15) is 0 Å². The Bertz CT molecular complexity index is 260. The number of nitrogens with one attached hydrogen (secondary N) is 2. The lowest BCUT2D eigenvalue weighted by Crippen LogP contribution is -2.42. The van der Waals surface area contributed by atoms with Gasteiger partial charge in [0.15, 0.2) is 0 Å². The van der Waals surface area contributed by atoms with E-state index in [2.05, 4.69) is 15.6 Å². The molecule has 0 saturated carbocycles. The van der Waals surface area contributed by atoms with Crippen LogP contribution in [0.3, 0.4) is 0 Å². The Labute approximate surface area is 94.1 Å². The van der Waals surface area contributed by atoms with E-state index in [-0.39, 0.29) is 0 Å². The summed E-state index contributed by atoms with van der Waals surface area (Å²) in [5.41, 5.74) is 0. The van der Waals surface area contributed by atoms with Gasteiger partial charge in [0.2, 0.25) is 0 Å². The zero-order chi connectivity index (χ0) is 10.3. The lowest BCUT2D eigenvalue weighted by molar-refractivity contribution is 0.0742. The Morgan fingerprint density at radius 2 is 2.67 bits per heavy atom. The van der Waals surface area contributed by atoms with Crippen LogP contribution in [0.4, 0.5) is 0 Å². The topological polar surface area (TPSA) is 46.2 Å². The molecule has 15 heavy (non-hydrogen) atoms. The first-order valence-electron chi connectivity index (χ1n) is 5.35. The minimum Gasteiger partial charge on any atom is -0.379 e. The van der Waals surface area contributed by atoms with Gasteiger partial charge in [-0.15, -0.1) is 11.3 Å². The van der Waals surface area contributed by atoms with Gasteiger partial charge in [0.1, 0.15) is 5.01 Å². The molecule has 1 aromatic heterocycles. The predicted octanol–water partition coefficient (Wildman–Crippen LogP) is 0.611. The smallest absolute Gasteiger partial charge is 0.106 e. The molecule has 84 valence electrons. The fourth-order valence-corrected chi connectivity index (χ4v) is 2.20. The average molecular weight is 227 g/mol. The zero-order valence-corrected chi connectivity index (χ0v) is 9.55. The van der Waals surface area contributed by atoms with Crippen molar-refractivity contribution in [2.24, 2.45) is 0 Å². The van der Waals surface area contributed by atoms with E-state index >= 15 is 0 Å². The first-order valence-corrected chi connectivity index (χ1v) is 6.23. The molecule has 1 saturated heterocycles. The highest BCUT2D eigenvalue weighted by molar-refractivity contribution is 7.09. The standard InChI is InChI=1S/C10H17N3OS/c1(9-8-14-5-3-12-9)2-11-7-10-13-4-6-15-10/h4,6,9,11-12H,1-3,5,7-8H2. The van der Waals surface area contributed by atoms with E-state index in [1.807, 2.05) is 11.6 Å². The molecular formula is C10H17N3OS. The molecule has 1 aliphatic rings. The number of aromatic nitrogens is 1. The molecule has 1 fully saturated rings. The monoisotopic (exact) mass is 227 g/mol. The van der Waals surface area contributed by atoms with Crippen LogP contribution in [0.15, 0.2) is 11.6 Å². The number of rotatable bonds is 5. The fourth-order valence-electron chi connectivity index (χ4n) is 1.62. The van der Waals surface area contributed by atoms with Gasteiger partial charge in [0.25, 0.3) is 0 Å². The minimum absolute atomic E-state index is 0.516. The number of nitrogens with zero attached hydrogens (tertiary/aromatic N) is 1. The summed E-state index contributed by atoms with van der Waals surface area (Å²) in [5.74, 6) is 0. The molecule has 0 amide bonds. The minimum atomic E-state index is 0.516. The summed E-state index contributed by atoms with van der Waals surface area (Å²) in [6.07, 6.45) is 2.96. The molecule has 1 aromatic rings. The van der Waals surface area contributed by atoms with E-state index in [1.165, 1.54) is 0 Å². The van der Waals surface area contributed by atoms with Crippen molar-refractivity contribution in [3.8, 4) is 0 Å². The molecule has 2 heterocycles. The van der Waals surface area contributed by atoms with Crippen LogP contribution in [0.1, 0.15) is 11.4 Å². The van der Waals surface area contributed by atoms with E-state index in [0.717, 1.165) is 44.3 Å². The van der Waals surface area contributed by atoms with Gasteiger partial charge in [0, 0.05) is 30.7 Å². The summed E-state index contributed by atoms with van der Waals surface area (Å²) in [6.45, 7) is 4.57. The Kier molecular flexibility index (Phi) is 4.53. The number of ether oxygens (including phenoxy) is 1. The third kappa shape index (κ3) is 3.87. The SMILES string of the molecule is c1csc(CNCCC2COCCN2)n1. The summed E-state index contributed by atoms with van der Waals surface area (Å²) < 4.78 is 5.38. The second-order valence-electron chi connectivity index (χ2n) is 3.62. The lowest BCUT2D eigenvalue weighted by atomic mass is 10.2. The van der Waals surface area contributed by atoms with Crippen molar-refractivity contribution < 1.29 is 4.74 Å². The van der Waals surface area contributed by atoms with Crippen LogP contribution in [0.2, 0.25) is 0 Å². The molecule has 4 nitrogen and oxygen atoms in total. The van der Waals surface area contributed by atoms with Gasteiger partial charge < -0.3 is 15.4 Å². The highest BCUT2D eigenvalue weighted by Crippen LogP contribution is 2.03. The first kappa shape index (κ1) is 11.0. The van der Waals surface area contributed by atoms with Gasteiger partial charge in [-0.2, -0.15) is 0 Å². The van der Waals surface area contributed by atoms with Gasteiger partial charge in [-0.05, 0) is 13.0 Å². The Morgan fingerprint density at radius 1 is 1.67 bits per heavy atom. The van der Waals surface area contributed by atoms with Gasteiger partial charge in [0.05, 0.1) is 13.2 Å². The van der Waals surface area contributed by atoms with E-state index in [0.29, 0.717) is 6.04 Å². The molecule has 0 aromatic carbocycles. The average Bonchev–Trinajstić information content (AvgIpc) is 2.79. The van der Waals surface area contributed by atoms with Crippen molar-refractivity contribution in [2.45, 2.75) is 19.0 Å². The largest absolute Gasteiger partial charge is 0.379 e. The van der Waals surface area contributed by atoms with Gasteiger partial charge in [-0.25, -0.2) is 4.98 Å². The van der Waals surface area contributed by atoms with Crippen LogP contribution in [0.25, 0.3) is 0 Å². The van der Waals surface area contributed by atoms with Crippen LogP contribution < -0.4 is 10.6 Å². The molecule has 1 atom stereocenters. The Morgan fingerprint density at radius 3 is 3.40 bits per heavy atom. The molecule has 1 aliphatic heterocycles. The predicted molar refractivity (Wildman–Crippen MR) is 61.0 cm³/mol. The third-order valence-corrected chi connectivity index (χ3v) is 3.21. The van der Waals surface area contributed by atoms with Crippen molar-refractivity contribution in [2.75, 3.05) is 26.3 Å². The van der Waals surface area contributed by atoms with E-state index in [1.54, 1.807) is 11.3 Å². The highest BCUT2D eigenvalue weighted by Gasteiger charge is 2.11. The molecule has 0 bridgehead atoms.